The van der Waals surface area contributed by atoms with E-state index >= 15 is 0 Å². The number of carbonyl (C=O) groups is 2. The van der Waals surface area contributed by atoms with E-state index in [9.17, 15) is 9.59 Å². The maximum absolute atomic E-state index is 10.2. The van der Waals surface area contributed by atoms with Crippen molar-refractivity contribution in [3.05, 3.63) is 0 Å². The SMILES string of the molecule is CC(=O)OC(C)(C)C.O=C(O)[C@@H]1C[C@@H](O)CN1. The Morgan fingerprint density at radius 1 is 1.35 bits per heavy atom. The Labute approximate surface area is 101 Å². The molecule has 1 heterocycles. The molecule has 1 fully saturated rings. The molecule has 6 nitrogen and oxygen atoms in total. The van der Waals surface area contributed by atoms with Crippen LogP contribution in [-0.4, -0.2) is 46.4 Å². The van der Waals surface area contributed by atoms with Crippen LogP contribution in [0.2, 0.25) is 0 Å². The Bertz CT molecular complexity index is 272. The van der Waals surface area contributed by atoms with Crippen LogP contribution < -0.4 is 5.32 Å². The highest BCUT2D eigenvalue weighted by molar-refractivity contribution is 5.73. The van der Waals surface area contributed by atoms with Gasteiger partial charge in [-0.2, -0.15) is 0 Å². The molecule has 1 aliphatic rings. The molecule has 3 N–H and O–H groups in total. The molecule has 0 aromatic heterocycles. The molecule has 0 bridgehead atoms. The Kier molecular flexibility index (Phi) is 6.12. The maximum Gasteiger partial charge on any atom is 0.320 e. The summed E-state index contributed by atoms with van der Waals surface area (Å²) in [5.74, 6) is -1.11. The second-order valence-electron chi connectivity index (χ2n) is 4.89. The van der Waals surface area contributed by atoms with E-state index in [1.54, 1.807) is 0 Å². The van der Waals surface area contributed by atoms with Gasteiger partial charge < -0.3 is 20.3 Å². The molecule has 2 atom stereocenters. The molecule has 0 radical (unpaired) electrons. The predicted molar refractivity (Wildman–Crippen MR) is 61.6 cm³/mol. The van der Waals surface area contributed by atoms with Crippen molar-refractivity contribution in [2.45, 2.75) is 51.9 Å². The van der Waals surface area contributed by atoms with Gasteiger partial charge in [-0.1, -0.05) is 0 Å². The molecule has 0 aromatic rings. The van der Waals surface area contributed by atoms with Gasteiger partial charge >= 0.3 is 11.9 Å². The summed E-state index contributed by atoms with van der Waals surface area (Å²) in [6.07, 6.45) is -0.152. The number of aliphatic hydroxyl groups is 1. The quantitative estimate of drug-likeness (QED) is 0.570. The van der Waals surface area contributed by atoms with Gasteiger partial charge in [0, 0.05) is 19.9 Å². The summed E-state index contributed by atoms with van der Waals surface area (Å²) in [6.45, 7) is 7.33. The molecule has 17 heavy (non-hydrogen) atoms. The van der Waals surface area contributed by atoms with Crippen LogP contribution in [0, 0.1) is 0 Å². The van der Waals surface area contributed by atoms with Crippen LogP contribution in [0.1, 0.15) is 34.1 Å². The van der Waals surface area contributed by atoms with Gasteiger partial charge in [0.05, 0.1) is 6.10 Å². The summed E-state index contributed by atoms with van der Waals surface area (Å²) in [5.41, 5.74) is -0.328. The van der Waals surface area contributed by atoms with Crippen molar-refractivity contribution in [1.82, 2.24) is 5.32 Å². The van der Waals surface area contributed by atoms with E-state index in [4.69, 9.17) is 14.9 Å². The lowest BCUT2D eigenvalue weighted by molar-refractivity contribution is -0.151. The van der Waals surface area contributed by atoms with Gasteiger partial charge in [-0.15, -0.1) is 0 Å². The van der Waals surface area contributed by atoms with Crippen LogP contribution in [0.15, 0.2) is 0 Å². The first-order valence-electron chi connectivity index (χ1n) is 5.45. The molecule has 1 saturated heterocycles. The standard InChI is InChI=1S/C6H12O2.C5H9NO3/c1-5(7)8-6(2,3)4;7-3-1-4(5(8)9)6-2-3/h1-4H3;3-4,6-7H,1-2H2,(H,8,9)/t;3-,4+/m.1/s1. The smallest absolute Gasteiger partial charge is 0.320 e. The number of aliphatic carboxylic acids is 1. The monoisotopic (exact) mass is 247 g/mol. The Hall–Kier alpha value is -1.14. The van der Waals surface area contributed by atoms with Crippen LogP contribution in [0.3, 0.4) is 0 Å². The average molecular weight is 247 g/mol. The molecular weight excluding hydrogens is 226 g/mol. The summed E-state index contributed by atoms with van der Waals surface area (Å²) in [5, 5.41) is 19.8. The molecule has 1 aliphatic heterocycles. The summed E-state index contributed by atoms with van der Waals surface area (Å²) in [6, 6.07) is -0.542. The number of rotatable bonds is 1. The molecule has 6 heteroatoms. The fraction of sp³-hybridized carbons (Fsp3) is 0.818. The highest BCUT2D eigenvalue weighted by Gasteiger charge is 2.27. The molecule has 0 aromatic carbocycles. The lowest BCUT2D eigenvalue weighted by Crippen LogP contribution is -2.29. The molecule has 0 spiro atoms. The Morgan fingerprint density at radius 3 is 2.00 bits per heavy atom. The van der Waals surface area contributed by atoms with Crippen molar-refractivity contribution < 1.29 is 24.5 Å². The maximum atomic E-state index is 10.2. The zero-order chi connectivity index (χ0) is 13.6. The van der Waals surface area contributed by atoms with Crippen molar-refractivity contribution in [1.29, 1.82) is 0 Å². The number of hydrogen-bond donors (Lipinski definition) is 3. The van der Waals surface area contributed by atoms with E-state index in [1.807, 2.05) is 20.8 Å². The number of esters is 1. The first-order valence-corrected chi connectivity index (χ1v) is 5.45. The molecule has 0 unspecified atom stereocenters. The van der Waals surface area contributed by atoms with E-state index < -0.39 is 18.1 Å². The lowest BCUT2D eigenvalue weighted by Gasteiger charge is -2.17. The van der Waals surface area contributed by atoms with Gasteiger partial charge in [-0.05, 0) is 20.8 Å². The zero-order valence-electron chi connectivity index (χ0n) is 10.7. The fourth-order valence-electron chi connectivity index (χ4n) is 1.34. The first-order chi connectivity index (χ1) is 7.61. The highest BCUT2D eigenvalue weighted by Crippen LogP contribution is 2.06. The van der Waals surface area contributed by atoms with Gasteiger partial charge in [-0.3, -0.25) is 9.59 Å². The van der Waals surface area contributed by atoms with Crippen LogP contribution >= 0.6 is 0 Å². The van der Waals surface area contributed by atoms with Crippen LogP contribution in [0.25, 0.3) is 0 Å². The van der Waals surface area contributed by atoms with Crippen LogP contribution in [0.4, 0.5) is 0 Å². The van der Waals surface area contributed by atoms with Gasteiger partial charge in [0.15, 0.2) is 0 Å². The fourth-order valence-corrected chi connectivity index (χ4v) is 1.34. The van der Waals surface area contributed by atoms with E-state index in [-0.39, 0.29) is 11.6 Å². The Morgan fingerprint density at radius 2 is 1.88 bits per heavy atom. The first kappa shape index (κ1) is 15.9. The lowest BCUT2D eigenvalue weighted by atomic mass is 10.2. The minimum atomic E-state index is -0.883. The van der Waals surface area contributed by atoms with Crippen LogP contribution in [-0.2, 0) is 14.3 Å². The predicted octanol–water partition coefficient (Wildman–Crippen LogP) is 0.142. The largest absolute Gasteiger partial charge is 0.480 e. The summed E-state index contributed by atoms with van der Waals surface area (Å²) < 4.78 is 4.80. The van der Waals surface area contributed by atoms with Crippen molar-refractivity contribution in [2.75, 3.05) is 6.54 Å². The number of nitrogens with one attached hydrogen (secondary N) is 1. The van der Waals surface area contributed by atoms with E-state index in [2.05, 4.69) is 5.32 Å². The van der Waals surface area contributed by atoms with Crippen molar-refractivity contribution in [2.24, 2.45) is 0 Å². The van der Waals surface area contributed by atoms with Crippen molar-refractivity contribution in [3.63, 3.8) is 0 Å². The third-order valence-corrected chi connectivity index (χ3v) is 1.86. The van der Waals surface area contributed by atoms with Gasteiger partial charge in [0.25, 0.3) is 0 Å². The van der Waals surface area contributed by atoms with Crippen molar-refractivity contribution >= 4 is 11.9 Å². The van der Waals surface area contributed by atoms with Gasteiger partial charge in [0.2, 0.25) is 0 Å². The number of ether oxygens (including phenoxy) is 1. The second-order valence-corrected chi connectivity index (χ2v) is 4.89. The van der Waals surface area contributed by atoms with Crippen molar-refractivity contribution in [3.8, 4) is 0 Å². The molecule has 100 valence electrons. The highest BCUT2D eigenvalue weighted by atomic mass is 16.6. The topological polar surface area (TPSA) is 95.9 Å². The number of carboxylic acid groups (broad SMARTS) is 1. The third kappa shape index (κ3) is 8.65. The van der Waals surface area contributed by atoms with Crippen LogP contribution in [0.5, 0.6) is 0 Å². The number of hydrogen-bond acceptors (Lipinski definition) is 5. The van der Waals surface area contributed by atoms with E-state index in [0.717, 1.165) is 0 Å². The third-order valence-electron chi connectivity index (χ3n) is 1.86. The zero-order valence-corrected chi connectivity index (χ0v) is 10.7. The van der Waals surface area contributed by atoms with Gasteiger partial charge in [0.1, 0.15) is 11.6 Å². The van der Waals surface area contributed by atoms with E-state index in [0.29, 0.717) is 13.0 Å². The molecule has 0 aliphatic carbocycles. The second kappa shape index (κ2) is 6.56. The minimum Gasteiger partial charge on any atom is -0.480 e. The molecular formula is C11H21NO5. The number of carboxylic acids is 1. The molecule has 1 rings (SSSR count). The van der Waals surface area contributed by atoms with Gasteiger partial charge in [-0.25, -0.2) is 0 Å². The summed E-state index contributed by atoms with van der Waals surface area (Å²) in [7, 11) is 0. The number of β-amino-alcohol motifs (C(OH)–C–C–N with tert-alkyl or cyclic N) is 1. The molecule has 0 saturated carbocycles. The number of aliphatic hydroxyl groups excluding tert-OH is 1. The normalized spacial score (nSPS) is 23.6. The number of carbonyl (C=O) groups excluding carboxylic acids is 1. The Balaban J connectivity index is 0.000000304. The summed E-state index contributed by atoms with van der Waals surface area (Å²) in [4.78, 5) is 20.4. The average Bonchev–Trinajstić information content (AvgIpc) is 2.47. The molecule has 0 amide bonds. The summed E-state index contributed by atoms with van der Waals surface area (Å²) >= 11 is 0. The minimum absolute atomic E-state index is 0.225. The van der Waals surface area contributed by atoms with E-state index in [1.165, 1.54) is 6.92 Å².